The minimum absolute atomic E-state index is 0.224. The van der Waals surface area contributed by atoms with E-state index in [1.54, 1.807) is 12.1 Å². The number of aromatic carboxylic acids is 1. The molecule has 6 rings (SSSR count). The second kappa shape index (κ2) is 16.8. The molecule has 10 nitrogen and oxygen atoms in total. The summed E-state index contributed by atoms with van der Waals surface area (Å²) in [6, 6.07) is 23.7. The van der Waals surface area contributed by atoms with Crippen molar-refractivity contribution in [1.82, 2.24) is 0 Å². The number of carboxylic acid groups (broad SMARTS) is 1. The Morgan fingerprint density at radius 3 is 2.33 bits per heavy atom. The van der Waals surface area contributed by atoms with Gasteiger partial charge in [0.05, 0.1) is 16.7 Å². The molecule has 3 N–H and O–H groups in total. The van der Waals surface area contributed by atoms with Crippen LogP contribution in [-0.2, 0) is 30.3 Å². The Balaban J connectivity index is 1.44. The maximum absolute atomic E-state index is 11.8. The average Bonchev–Trinajstić information content (AvgIpc) is 3.50. The fourth-order valence-electron chi connectivity index (χ4n) is 8.27. The first-order chi connectivity index (χ1) is 26.2. The molecule has 0 aromatic heterocycles. The second-order valence-electron chi connectivity index (χ2n) is 15.1. The van der Waals surface area contributed by atoms with E-state index >= 15 is 0 Å². The molecule has 0 radical (unpaired) electrons. The maximum Gasteiger partial charge on any atom is 0.335 e. The first-order valence-electron chi connectivity index (χ1n) is 18.6. The number of fused-ring (bicyclic) bond motifs is 2. The van der Waals surface area contributed by atoms with Gasteiger partial charge >= 0.3 is 5.97 Å². The van der Waals surface area contributed by atoms with Crippen LogP contribution in [-0.4, -0.2) is 64.2 Å². The standard InChI is InChI=1S/C43H48N2O8S2/c1-42(2)34-14-5-7-16-36(34)44(26-10-28-54-53-52-48)38(42)24-22-30-12-9-13-31(40(30)32-18-20-33(21-19-32)41(46)47)23-25-39-43(3,4)35-15-6-8-17-37(35)45(39)27-11-29-55(49,50)51/h5-8,14-25H,9-13,26-29H2,1-4H3,(H2-,46,47,48,49,50,51)/p+1. The summed E-state index contributed by atoms with van der Waals surface area (Å²) in [6.07, 6.45) is 12.4. The van der Waals surface area contributed by atoms with Gasteiger partial charge in [0.1, 0.15) is 6.54 Å². The van der Waals surface area contributed by atoms with Gasteiger partial charge in [0.15, 0.2) is 5.71 Å². The lowest BCUT2D eigenvalue weighted by Crippen LogP contribution is -2.28. The quantitative estimate of drug-likeness (QED) is 0.0342. The van der Waals surface area contributed by atoms with Crippen LogP contribution in [0.4, 0.5) is 11.4 Å². The summed E-state index contributed by atoms with van der Waals surface area (Å²) in [4.78, 5) is 14.0. The zero-order valence-corrected chi connectivity index (χ0v) is 33.3. The van der Waals surface area contributed by atoms with E-state index in [9.17, 15) is 22.9 Å². The number of rotatable bonds is 15. The van der Waals surface area contributed by atoms with Gasteiger partial charge in [-0.2, -0.15) is 13.0 Å². The Morgan fingerprint density at radius 1 is 0.909 bits per heavy atom. The van der Waals surface area contributed by atoms with Gasteiger partial charge in [-0.1, -0.05) is 79.6 Å². The van der Waals surface area contributed by atoms with Crippen LogP contribution in [0.15, 0.2) is 114 Å². The number of nitrogens with zero attached hydrogens (tertiary/aromatic N) is 2. The van der Waals surface area contributed by atoms with E-state index in [4.69, 9.17) is 5.26 Å². The molecule has 0 spiro atoms. The van der Waals surface area contributed by atoms with Crippen molar-refractivity contribution in [3.63, 3.8) is 0 Å². The predicted molar refractivity (Wildman–Crippen MR) is 218 cm³/mol. The highest BCUT2D eigenvalue weighted by Crippen LogP contribution is 2.48. The number of carbonyl (C=O) groups is 1. The highest BCUT2D eigenvalue weighted by Gasteiger charge is 2.44. The minimum atomic E-state index is -4.10. The summed E-state index contributed by atoms with van der Waals surface area (Å²) in [5.41, 5.74) is 10.6. The van der Waals surface area contributed by atoms with Crippen molar-refractivity contribution in [3.8, 4) is 0 Å². The summed E-state index contributed by atoms with van der Waals surface area (Å²) >= 11 is 1.05. The highest BCUT2D eigenvalue weighted by atomic mass is 32.2. The van der Waals surface area contributed by atoms with Crippen LogP contribution in [0.25, 0.3) is 5.57 Å². The lowest BCUT2D eigenvalue weighted by Gasteiger charge is -2.27. The predicted octanol–water partition coefficient (Wildman–Crippen LogP) is 9.30. The van der Waals surface area contributed by atoms with Crippen molar-refractivity contribution in [3.05, 3.63) is 136 Å². The zero-order chi connectivity index (χ0) is 39.4. The van der Waals surface area contributed by atoms with Crippen LogP contribution in [0.2, 0.25) is 0 Å². The van der Waals surface area contributed by atoms with Crippen molar-refractivity contribution < 1.29 is 42.1 Å². The Kier molecular flexibility index (Phi) is 12.3. The minimum Gasteiger partial charge on any atom is -0.478 e. The SMILES string of the molecule is CC1(C)C(/C=C/C2=C(c3ccc(C(=O)O)cc3)C(=C/C=C3/N(CCCS(=O)(=O)O)c4ccccc4C3(C)C)/CCC2)=[N+](CCCSOOO)c2ccccc21. The van der Waals surface area contributed by atoms with Gasteiger partial charge in [-0.05, 0) is 91.7 Å². The average molecular weight is 786 g/mol. The maximum atomic E-state index is 11.8. The molecule has 0 saturated carbocycles. The van der Waals surface area contributed by atoms with Crippen molar-refractivity contribution >= 4 is 50.8 Å². The van der Waals surface area contributed by atoms with Crippen LogP contribution in [0.3, 0.4) is 0 Å². The summed E-state index contributed by atoms with van der Waals surface area (Å²) in [7, 11) is -4.10. The van der Waals surface area contributed by atoms with Crippen molar-refractivity contribution in [2.45, 2.75) is 70.6 Å². The van der Waals surface area contributed by atoms with Crippen molar-refractivity contribution in [1.29, 1.82) is 0 Å². The number of allylic oxidation sites excluding steroid dienone is 8. The number of hydrogen-bond donors (Lipinski definition) is 3. The largest absolute Gasteiger partial charge is 0.478 e. The molecule has 0 bridgehead atoms. The smallest absolute Gasteiger partial charge is 0.335 e. The third-order valence-electron chi connectivity index (χ3n) is 10.9. The fourth-order valence-corrected chi connectivity index (χ4v) is 9.13. The van der Waals surface area contributed by atoms with Gasteiger partial charge in [0.25, 0.3) is 10.1 Å². The molecule has 0 amide bonds. The number of anilines is 1. The van der Waals surface area contributed by atoms with E-state index in [1.807, 2.05) is 24.3 Å². The molecule has 3 aromatic carbocycles. The van der Waals surface area contributed by atoms with Crippen molar-refractivity contribution in [2.75, 3.05) is 29.5 Å². The summed E-state index contributed by atoms with van der Waals surface area (Å²) in [6.45, 7) is 9.99. The summed E-state index contributed by atoms with van der Waals surface area (Å²) in [5, 5.41) is 22.0. The van der Waals surface area contributed by atoms with Crippen LogP contribution >= 0.6 is 12.0 Å². The second-order valence-corrected chi connectivity index (χ2v) is 17.5. The first-order valence-corrected chi connectivity index (χ1v) is 21.1. The summed E-state index contributed by atoms with van der Waals surface area (Å²) < 4.78 is 39.7. The Morgan fingerprint density at radius 2 is 1.62 bits per heavy atom. The van der Waals surface area contributed by atoms with Gasteiger partial charge in [0.2, 0.25) is 5.69 Å². The fraction of sp³-hybridized carbons (Fsp3) is 0.349. The monoisotopic (exact) mass is 785 g/mol. The molecule has 0 saturated heterocycles. The molecule has 55 heavy (non-hydrogen) atoms. The lowest BCUT2D eigenvalue weighted by molar-refractivity contribution is -0.438. The van der Waals surface area contributed by atoms with Gasteiger partial charge in [-0.25, -0.2) is 10.1 Å². The van der Waals surface area contributed by atoms with E-state index in [2.05, 4.69) is 107 Å². The number of carboxylic acids is 1. The molecule has 0 fully saturated rings. The molecule has 3 aromatic rings. The molecule has 12 heteroatoms. The normalized spacial score (nSPS) is 19.2. The Labute approximate surface area is 328 Å². The third kappa shape index (κ3) is 8.75. The zero-order valence-electron chi connectivity index (χ0n) is 31.7. The lowest BCUT2D eigenvalue weighted by atomic mass is 9.79. The molecule has 0 unspecified atom stereocenters. The molecule has 2 heterocycles. The number of hydrogen-bond acceptors (Lipinski definition) is 8. The number of benzene rings is 3. The van der Waals surface area contributed by atoms with Gasteiger partial charge < -0.3 is 10.0 Å². The summed E-state index contributed by atoms with van der Waals surface area (Å²) in [5.74, 6) is -0.669. The van der Waals surface area contributed by atoms with Crippen molar-refractivity contribution in [2.24, 2.45) is 0 Å². The van der Waals surface area contributed by atoms with E-state index in [0.717, 1.165) is 94.9 Å². The van der Waals surface area contributed by atoms with Gasteiger partial charge in [-0.3, -0.25) is 4.55 Å². The number of para-hydroxylation sites is 2. The topological polar surface area (TPSA) is 137 Å². The van der Waals surface area contributed by atoms with E-state index < -0.39 is 16.1 Å². The Hall–Kier alpha value is -4.30. The molecule has 3 aliphatic rings. The molecular weight excluding hydrogens is 737 g/mol. The molecule has 1 aliphatic carbocycles. The van der Waals surface area contributed by atoms with E-state index in [1.165, 1.54) is 5.56 Å². The van der Waals surface area contributed by atoms with Crippen LogP contribution in [0.1, 0.15) is 86.8 Å². The first kappa shape index (κ1) is 40.4. The van der Waals surface area contributed by atoms with Gasteiger partial charge in [-0.15, -0.1) is 4.33 Å². The molecular formula is C43H49N2O8S2+. The molecule has 2 aliphatic heterocycles. The van der Waals surface area contributed by atoms with Gasteiger partial charge in [0, 0.05) is 65.3 Å². The van der Waals surface area contributed by atoms with E-state index in [0.29, 0.717) is 12.3 Å². The Bertz CT molecular complexity index is 2200. The highest BCUT2D eigenvalue weighted by molar-refractivity contribution is 7.94. The van der Waals surface area contributed by atoms with Crippen LogP contribution in [0.5, 0.6) is 0 Å². The van der Waals surface area contributed by atoms with E-state index in [-0.39, 0.29) is 28.6 Å². The molecule has 0 atom stereocenters. The molecule has 290 valence electrons. The third-order valence-corrected chi connectivity index (χ3v) is 12.3. The van der Waals surface area contributed by atoms with Crippen LogP contribution < -0.4 is 4.90 Å². The van der Waals surface area contributed by atoms with Crippen LogP contribution in [0, 0.1) is 0 Å².